The Labute approximate surface area is 164 Å². The van der Waals surface area contributed by atoms with Crippen LogP contribution in [0, 0.1) is 5.92 Å². The fraction of sp³-hybridized carbons (Fsp3) is 0.474. The maximum atomic E-state index is 12.6. The van der Waals surface area contributed by atoms with Crippen molar-refractivity contribution in [2.24, 2.45) is 5.92 Å². The SMILES string of the molecule is CCCCCC(CN(O)C=O)C(=O)NNc1nc(N(C)C)nc2ccccc12. The van der Waals surface area contributed by atoms with Crippen LogP contribution < -0.4 is 15.8 Å². The molecule has 9 heteroatoms. The smallest absolute Gasteiger partial charge is 0.243 e. The number of hydroxylamine groups is 2. The quantitative estimate of drug-likeness (QED) is 0.234. The van der Waals surface area contributed by atoms with Gasteiger partial charge in [0.05, 0.1) is 18.0 Å². The maximum absolute atomic E-state index is 12.6. The van der Waals surface area contributed by atoms with E-state index < -0.39 is 5.92 Å². The number of nitrogens with one attached hydrogen (secondary N) is 2. The van der Waals surface area contributed by atoms with E-state index in [1.54, 1.807) is 4.90 Å². The molecule has 9 nitrogen and oxygen atoms in total. The first-order valence-electron chi connectivity index (χ1n) is 9.37. The Morgan fingerprint density at radius 2 is 2.00 bits per heavy atom. The van der Waals surface area contributed by atoms with Crippen LogP contribution in [0.2, 0.25) is 0 Å². The Hall–Kier alpha value is -2.94. The molecule has 0 radical (unpaired) electrons. The first kappa shape index (κ1) is 21.4. The number of unbranched alkanes of at least 4 members (excludes halogenated alkanes) is 2. The van der Waals surface area contributed by atoms with E-state index in [9.17, 15) is 14.8 Å². The van der Waals surface area contributed by atoms with Crippen LogP contribution in [0.3, 0.4) is 0 Å². The van der Waals surface area contributed by atoms with Gasteiger partial charge in [-0.15, -0.1) is 0 Å². The van der Waals surface area contributed by atoms with Crippen LogP contribution in [0.5, 0.6) is 0 Å². The lowest BCUT2D eigenvalue weighted by atomic mass is 10.0. The van der Waals surface area contributed by atoms with Crippen LogP contribution in [0.4, 0.5) is 11.8 Å². The van der Waals surface area contributed by atoms with Gasteiger partial charge >= 0.3 is 0 Å². The van der Waals surface area contributed by atoms with Gasteiger partial charge in [0.2, 0.25) is 18.3 Å². The zero-order valence-corrected chi connectivity index (χ0v) is 16.6. The Morgan fingerprint density at radius 1 is 1.25 bits per heavy atom. The van der Waals surface area contributed by atoms with E-state index in [0.29, 0.717) is 29.7 Å². The van der Waals surface area contributed by atoms with Crippen molar-refractivity contribution >= 4 is 35.0 Å². The largest absolute Gasteiger partial charge is 0.347 e. The summed E-state index contributed by atoms with van der Waals surface area (Å²) in [7, 11) is 3.68. The average molecular weight is 388 g/mol. The molecule has 0 aliphatic heterocycles. The van der Waals surface area contributed by atoms with Gasteiger partial charge in [-0.05, 0) is 18.6 Å². The van der Waals surface area contributed by atoms with Crippen molar-refractivity contribution in [3.8, 4) is 0 Å². The molecule has 152 valence electrons. The molecule has 28 heavy (non-hydrogen) atoms. The van der Waals surface area contributed by atoms with Gasteiger partial charge in [0.1, 0.15) is 0 Å². The number of benzene rings is 1. The average Bonchev–Trinajstić information content (AvgIpc) is 2.70. The van der Waals surface area contributed by atoms with E-state index in [-0.39, 0.29) is 12.5 Å². The van der Waals surface area contributed by atoms with Crippen molar-refractivity contribution in [3.63, 3.8) is 0 Å². The third-order valence-electron chi connectivity index (χ3n) is 4.35. The van der Waals surface area contributed by atoms with Gasteiger partial charge in [0, 0.05) is 19.5 Å². The highest BCUT2D eigenvalue weighted by molar-refractivity contribution is 5.91. The third-order valence-corrected chi connectivity index (χ3v) is 4.35. The number of hydrazine groups is 1. The highest BCUT2D eigenvalue weighted by atomic mass is 16.5. The van der Waals surface area contributed by atoms with E-state index in [0.717, 1.165) is 30.2 Å². The van der Waals surface area contributed by atoms with E-state index >= 15 is 0 Å². The summed E-state index contributed by atoms with van der Waals surface area (Å²) in [5.74, 6) is 0.144. The second-order valence-corrected chi connectivity index (χ2v) is 6.82. The molecule has 1 atom stereocenters. The lowest BCUT2D eigenvalue weighted by molar-refractivity contribution is -0.154. The summed E-state index contributed by atoms with van der Waals surface area (Å²) < 4.78 is 0. The normalized spacial score (nSPS) is 11.7. The van der Waals surface area contributed by atoms with E-state index in [1.165, 1.54) is 0 Å². The fourth-order valence-corrected chi connectivity index (χ4v) is 2.80. The monoisotopic (exact) mass is 388 g/mol. The lowest BCUT2D eigenvalue weighted by Crippen LogP contribution is -2.40. The Morgan fingerprint density at radius 3 is 2.68 bits per heavy atom. The van der Waals surface area contributed by atoms with E-state index in [4.69, 9.17) is 0 Å². The first-order chi connectivity index (χ1) is 13.5. The molecule has 2 rings (SSSR count). The number of hydrogen-bond acceptors (Lipinski definition) is 7. The summed E-state index contributed by atoms with van der Waals surface area (Å²) in [5.41, 5.74) is 6.29. The number of fused-ring (bicyclic) bond motifs is 1. The van der Waals surface area contributed by atoms with Crippen LogP contribution in [-0.4, -0.2) is 53.2 Å². The van der Waals surface area contributed by atoms with Crippen LogP contribution in [0.25, 0.3) is 10.9 Å². The number of amides is 2. The molecule has 1 aromatic heterocycles. The number of aromatic nitrogens is 2. The third kappa shape index (κ3) is 5.78. The maximum Gasteiger partial charge on any atom is 0.243 e. The van der Waals surface area contributed by atoms with Gasteiger partial charge in [0.15, 0.2) is 5.82 Å². The molecule has 0 bridgehead atoms. The number of rotatable bonds is 11. The Balaban J connectivity index is 2.15. The van der Waals surface area contributed by atoms with Gasteiger partial charge in [-0.3, -0.25) is 25.6 Å². The van der Waals surface area contributed by atoms with Gasteiger partial charge in [-0.1, -0.05) is 38.3 Å². The molecule has 3 N–H and O–H groups in total. The molecule has 1 unspecified atom stereocenters. The van der Waals surface area contributed by atoms with Crippen LogP contribution in [0.1, 0.15) is 32.6 Å². The fourth-order valence-electron chi connectivity index (χ4n) is 2.80. The van der Waals surface area contributed by atoms with Crippen LogP contribution in [0.15, 0.2) is 24.3 Å². The number of carbonyl (C=O) groups is 2. The minimum Gasteiger partial charge on any atom is -0.347 e. The zero-order valence-electron chi connectivity index (χ0n) is 16.6. The highest BCUT2D eigenvalue weighted by Crippen LogP contribution is 2.22. The molecule has 1 aromatic carbocycles. The summed E-state index contributed by atoms with van der Waals surface area (Å²) in [6.07, 6.45) is 3.70. The van der Waals surface area contributed by atoms with Crippen molar-refractivity contribution in [2.45, 2.75) is 32.6 Å². The minimum atomic E-state index is -0.532. The highest BCUT2D eigenvalue weighted by Gasteiger charge is 2.21. The molecule has 0 fully saturated rings. The Bertz CT molecular complexity index is 798. The van der Waals surface area contributed by atoms with Crippen molar-refractivity contribution in [2.75, 3.05) is 31.0 Å². The molecule has 1 heterocycles. The van der Waals surface area contributed by atoms with Crippen molar-refractivity contribution in [3.05, 3.63) is 24.3 Å². The predicted octanol–water partition coefficient (Wildman–Crippen LogP) is 2.18. The van der Waals surface area contributed by atoms with Gasteiger partial charge in [-0.25, -0.2) is 10.0 Å². The molecular weight excluding hydrogens is 360 g/mol. The van der Waals surface area contributed by atoms with Gasteiger partial charge in [0.25, 0.3) is 0 Å². The van der Waals surface area contributed by atoms with Gasteiger partial charge < -0.3 is 4.90 Å². The predicted molar refractivity (Wildman–Crippen MR) is 108 cm³/mol. The second-order valence-electron chi connectivity index (χ2n) is 6.82. The number of carbonyl (C=O) groups excluding carboxylic acids is 2. The van der Waals surface area contributed by atoms with Gasteiger partial charge in [-0.2, -0.15) is 4.98 Å². The van der Waals surface area contributed by atoms with E-state index in [1.807, 2.05) is 38.4 Å². The summed E-state index contributed by atoms with van der Waals surface area (Å²) in [6, 6.07) is 7.49. The molecule has 0 saturated heterocycles. The van der Waals surface area contributed by atoms with E-state index in [2.05, 4.69) is 27.7 Å². The molecule has 2 amide bonds. The summed E-state index contributed by atoms with van der Waals surface area (Å²) in [4.78, 5) is 34.1. The summed E-state index contributed by atoms with van der Waals surface area (Å²) in [6.45, 7) is 2.01. The standard InChI is InChI=1S/C19H28N6O3/c1-4-5-6-9-14(12-25(28)13-26)18(27)23-22-17-15-10-7-8-11-16(15)20-19(21-17)24(2)3/h7-8,10-11,13-14,28H,4-6,9,12H2,1-3H3,(H,23,27)(H,20,21,22). The van der Waals surface area contributed by atoms with Crippen LogP contribution >= 0.6 is 0 Å². The molecule has 0 aliphatic carbocycles. The number of para-hydroxylation sites is 1. The minimum absolute atomic E-state index is 0.0613. The number of anilines is 2. The summed E-state index contributed by atoms with van der Waals surface area (Å²) >= 11 is 0. The van der Waals surface area contributed by atoms with Crippen molar-refractivity contribution in [1.29, 1.82) is 0 Å². The zero-order chi connectivity index (χ0) is 20.5. The molecular formula is C19H28N6O3. The van der Waals surface area contributed by atoms with Crippen LogP contribution in [-0.2, 0) is 9.59 Å². The Kier molecular flexibility index (Phi) is 7.94. The lowest BCUT2D eigenvalue weighted by Gasteiger charge is -2.20. The second kappa shape index (κ2) is 10.4. The van der Waals surface area contributed by atoms with Crippen molar-refractivity contribution < 1.29 is 14.8 Å². The molecule has 0 spiro atoms. The first-order valence-corrected chi connectivity index (χ1v) is 9.37. The summed E-state index contributed by atoms with van der Waals surface area (Å²) in [5, 5.41) is 10.8. The topological polar surface area (TPSA) is 111 Å². The molecule has 0 aliphatic rings. The van der Waals surface area contributed by atoms with Crippen molar-refractivity contribution in [1.82, 2.24) is 20.5 Å². The molecule has 0 saturated carbocycles. The number of hydrogen-bond donors (Lipinski definition) is 3. The molecule has 2 aromatic rings. The number of nitrogens with zero attached hydrogens (tertiary/aromatic N) is 4.